The number of hydrogen-bond acceptors (Lipinski definition) is 4. The predicted octanol–water partition coefficient (Wildman–Crippen LogP) is 2.11. The summed E-state index contributed by atoms with van der Waals surface area (Å²) < 4.78 is 1.74. The fourth-order valence-electron chi connectivity index (χ4n) is 2.21. The minimum atomic E-state index is -0.290. The van der Waals surface area contributed by atoms with Gasteiger partial charge in [-0.25, -0.2) is 9.48 Å². The molecule has 0 saturated heterocycles. The molecule has 2 aromatic heterocycles. The summed E-state index contributed by atoms with van der Waals surface area (Å²) in [6.45, 7) is 4.92. The van der Waals surface area contributed by atoms with Crippen molar-refractivity contribution < 1.29 is 4.79 Å². The van der Waals surface area contributed by atoms with E-state index in [9.17, 15) is 4.79 Å². The van der Waals surface area contributed by atoms with E-state index in [-0.39, 0.29) is 6.03 Å². The summed E-state index contributed by atoms with van der Waals surface area (Å²) >= 11 is 0. The zero-order chi connectivity index (χ0) is 16.9. The quantitative estimate of drug-likeness (QED) is 0.752. The van der Waals surface area contributed by atoms with E-state index >= 15 is 0 Å². The molecule has 8 heteroatoms. The number of rotatable bonds is 5. The van der Waals surface area contributed by atoms with Gasteiger partial charge >= 0.3 is 6.03 Å². The largest absolute Gasteiger partial charge is 0.332 e. The van der Waals surface area contributed by atoms with E-state index < -0.39 is 0 Å². The lowest BCUT2D eigenvalue weighted by atomic mass is 10.2. The van der Waals surface area contributed by atoms with Crippen LogP contribution < -0.4 is 10.6 Å². The van der Waals surface area contributed by atoms with Crippen LogP contribution in [0.1, 0.15) is 18.2 Å². The Bertz CT molecular complexity index is 823. The Hall–Kier alpha value is -3.16. The number of hydrogen-bond donors (Lipinski definition) is 2. The maximum atomic E-state index is 12.1. The predicted molar refractivity (Wildman–Crippen MR) is 89.9 cm³/mol. The topological polar surface area (TPSA) is 89.7 Å². The van der Waals surface area contributed by atoms with Gasteiger partial charge in [0.25, 0.3) is 0 Å². The first kappa shape index (κ1) is 15.7. The van der Waals surface area contributed by atoms with Gasteiger partial charge in [0.2, 0.25) is 0 Å². The third kappa shape index (κ3) is 3.60. The second-order valence-electron chi connectivity index (χ2n) is 5.28. The molecule has 2 amide bonds. The van der Waals surface area contributed by atoms with Crippen LogP contribution in [0.3, 0.4) is 0 Å². The summed E-state index contributed by atoms with van der Waals surface area (Å²) in [5.74, 6) is 0. The van der Waals surface area contributed by atoms with Crippen LogP contribution in [0.15, 0.2) is 42.9 Å². The molecule has 8 nitrogen and oxygen atoms in total. The van der Waals surface area contributed by atoms with Crippen molar-refractivity contribution in [2.45, 2.75) is 26.9 Å². The Kier molecular flexibility index (Phi) is 4.55. The minimum absolute atomic E-state index is 0.290. The fourth-order valence-corrected chi connectivity index (χ4v) is 2.21. The summed E-state index contributed by atoms with van der Waals surface area (Å²) in [7, 11) is 0. The molecule has 0 atom stereocenters. The second-order valence-corrected chi connectivity index (χ2v) is 5.28. The molecule has 0 bridgehead atoms. The van der Waals surface area contributed by atoms with Gasteiger partial charge in [-0.2, -0.15) is 20.1 Å². The van der Waals surface area contributed by atoms with Gasteiger partial charge in [0.05, 0.1) is 25.0 Å². The number of anilines is 1. The van der Waals surface area contributed by atoms with Gasteiger partial charge in [-0.3, -0.25) is 0 Å². The number of amides is 2. The van der Waals surface area contributed by atoms with E-state index in [0.29, 0.717) is 18.8 Å². The molecule has 0 aliphatic carbocycles. The summed E-state index contributed by atoms with van der Waals surface area (Å²) in [5.41, 5.74) is 3.30. The summed E-state index contributed by atoms with van der Waals surface area (Å²) in [5, 5.41) is 18.1. The zero-order valence-electron chi connectivity index (χ0n) is 13.6. The van der Waals surface area contributed by atoms with Crippen LogP contribution in [0.5, 0.6) is 0 Å². The van der Waals surface area contributed by atoms with E-state index in [1.807, 2.05) is 44.3 Å². The molecule has 24 heavy (non-hydrogen) atoms. The molecule has 124 valence electrons. The number of urea groups is 1. The number of nitrogens with one attached hydrogen (secondary N) is 2. The molecular formula is C16H19N7O. The first-order chi connectivity index (χ1) is 11.7. The SMILES string of the molecule is CCn1ncc(CNC(=O)Nc2cc(-n3cccn3)ccc2C)n1. The van der Waals surface area contributed by atoms with Crippen molar-refractivity contribution in [3.63, 3.8) is 0 Å². The van der Waals surface area contributed by atoms with Gasteiger partial charge in [-0.15, -0.1) is 0 Å². The van der Waals surface area contributed by atoms with E-state index in [2.05, 4.69) is 25.9 Å². The highest BCUT2D eigenvalue weighted by molar-refractivity contribution is 5.90. The van der Waals surface area contributed by atoms with E-state index in [1.165, 1.54) is 0 Å². The first-order valence-electron chi connectivity index (χ1n) is 7.70. The average molecular weight is 325 g/mol. The molecule has 0 radical (unpaired) electrons. The lowest BCUT2D eigenvalue weighted by Crippen LogP contribution is -2.28. The molecule has 2 N–H and O–H groups in total. The third-order valence-corrected chi connectivity index (χ3v) is 3.54. The lowest BCUT2D eigenvalue weighted by molar-refractivity contribution is 0.251. The number of aromatic nitrogens is 5. The Labute approximate surface area is 139 Å². The Morgan fingerprint density at radius 2 is 2.17 bits per heavy atom. The van der Waals surface area contributed by atoms with Crippen LogP contribution >= 0.6 is 0 Å². The number of carbonyl (C=O) groups is 1. The molecule has 0 saturated carbocycles. The van der Waals surface area contributed by atoms with Gasteiger partial charge in [0.1, 0.15) is 5.69 Å². The first-order valence-corrected chi connectivity index (χ1v) is 7.70. The van der Waals surface area contributed by atoms with Gasteiger partial charge in [-0.05, 0) is 37.6 Å². The third-order valence-electron chi connectivity index (χ3n) is 3.54. The van der Waals surface area contributed by atoms with Crippen LogP contribution in [0.2, 0.25) is 0 Å². The standard InChI is InChI=1S/C16H19N7O/c1-3-23-19-11-13(21-23)10-17-16(24)20-15-9-14(6-5-12(15)2)22-8-4-7-18-22/h4-9,11H,3,10H2,1-2H3,(H2,17,20,24). The Morgan fingerprint density at radius 3 is 2.88 bits per heavy atom. The molecule has 0 aliphatic heterocycles. The van der Waals surface area contributed by atoms with Gasteiger partial charge in [0, 0.05) is 18.1 Å². The van der Waals surface area contributed by atoms with Crippen molar-refractivity contribution in [2.75, 3.05) is 5.32 Å². The molecule has 1 aromatic carbocycles. The molecule has 3 aromatic rings. The zero-order valence-corrected chi connectivity index (χ0v) is 13.6. The van der Waals surface area contributed by atoms with Gasteiger partial charge in [-0.1, -0.05) is 6.07 Å². The lowest BCUT2D eigenvalue weighted by Gasteiger charge is -2.11. The van der Waals surface area contributed by atoms with Crippen LogP contribution in [-0.4, -0.2) is 30.8 Å². The highest BCUT2D eigenvalue weighted by atomic mass is 16.2. The maximum absolute atomic E-state index is 12.1. The van der Waals surface area contributed by atoms with E-state index in [4.69, 9.17) is 0 Å². The van der Waals surface area contributed by atoms with Crippen molar-refractivity contribution in [2.24, 2.45) is 0 Å². The molecule has 0 unspecified atom stereocenters. The highest BCUT2D eigenvalue weighted by Gasteiger charge is 2.08. The van der Waals surface area contributed by atoms with Crippen LogP contribution in [0, 0.1) is 6.92 Å². The normalized spacial score (nSPS) is 10.6. The number of carbonyl (C=O) groups excluding carboxylic acids is 1. The number of aryl methyl sites for hydroxylation is 2. The molecule has 0 fully saturated rings. The van der Waals surface area contributed by atoms with Crippen molar-refractivity contribution in [3.8, 4) is 5.69 Å². The van der Waals surface area contributed by atoms with Gasteiger partial charge < -0.3 is 10.6 Å². The smallest absolute Gasteiger partial charge is 0.319 e. The maximum Gasteiger partial charge on any atom is 0.319 e. The van der Waals surface area contributed by atoms with Crippen LogP contribution in [0.4, 0.5) is 10.5 Å². The molecule has 2 heterocycles. The summed E-state index contributed by atoms with van der Waals surface area (Å²) in [6.07, 6.45) is 5.21. The minimum Gasteiger partial charge on any atom is -0.332 e. The van der Waals surface area contributed by atoms with Gasteiger partial charge in [0.15, 0.2) is 0 Å². The monoisotopic (exact) mass is 325 g/mol. The summed E-state index contributed by atoms with van der Waals surface area (Å²) in [4.78, 5) is 13.7. The molecule has 0 spiro atoms. The number of benzene rings is 1. The van der Waals surface area contributed by atoms with Crippen molar-refractivity contribution in [1.29, 1.82) is 0 Å². The van der Waals surface area contributed by atoms with E-state index in [0.717, 1.165) is 16.9 Å². The Morgan fingerprint density at radius 1 is 1.29 bits per heavy atom. The van der Waals surface area contributed by atoms with Crippen molar-refractivity contribution in [3.05, 3.63) is 54.1 Å². The molecule has 0 aliphatic rings. The Balaban J connectivity index is 1.64. The second kappa shape index (κ2) is 6.95. The summed E-state index contributed by atoms with van der Waals surface area (Å²) in [6, 6.07) is 7.34. The molecule has 3 rings (SSSR count). The van der Waals surface area contributed by atoms with Crippen molar-refractivity contribution >= 4 is 11.7 Å². The number of nitrogens with zero attached hydrogens (tertiary/aromatic N) is 5. The van der Waals surface area contributed by atoms with Crippen LogP contribution in [-0.2, 0) is 13.1 Å². The van der Waals surface area contributed by atoms with Crippen molar-refractivity contribution in [1.82, 2.24) is 30.1 Å². The van der Waals surface area contributed by atoms with Crippen LogP contribution in [0.25, 0.3) is 5.69 Å². The fraction of sp³-hybridized carbons (Fsp3) is 0.250. The average Bonchev–Trinajstić information content (AvgIpc) is 3.26. The highest BCUT2D eigenvalue weighted by Crippen LogP contribution is 2.19. The van der Waals surface area contributed by atoms with E-state index in [1.54, 1.807) is 21.9 Å². The molecular weight excluding hydrogens is 306 g/mol.